The molecule has 8 nitrogen and oxygen atoms in total. The molecular formula is C26H25N3O5S2. The highest BCUT2D eigenvalue weighted by molar-refractivity contribution is 7.92. The van der Waals surface area contributed by atoms with Crippen molar-refractivity contribution >= 4 is 38.1 Å². The van der Waals surface area contributed by atoms with Gasteiger partial charge in [-0.3, -0.25) is 14.8 Å². The van der Waals surface area contributed by atoms with Crippen molar-refractivity contribution < 1.29 is 22.7 Å². The van der Waals surface area contributed by atoms with Crippen molar-refractivity contribution in [2.24, 2.45) is 0 Å². The smallest absolute Gasteiger partial charge is 0.261 e. The number of nitrogens with one attached hydrogen (secondary N) is 2. The minimum absolute atomic E-state index is 0.0819. The van der Waals surface area contributed by atoms with Gasteiger partial charge in [-0.05, 0) is 73.2 Å². The third-order valence-electron chi connectivity index (χ3n) is 5.09. The van der Waals surface area contributed by atoms with Crippen LogP contribution < -0.4 is 19.5 Å². The van der Waals surface area contributed by atoms with Gasteiger partial charge in [-0.25, -0.2) is 13.4 Å². The zero-order valence-electron chi connectivity index (χ0n) is 19.7. The number of ether oxygens (including phenoxy) is 2. The summed E-state index contributed by atoms with van der Waals surface area (Å²) in [5.41, 5.74) is 2.20. The maximum atomic E-state index is 12.8. The lowest BCUT2D eigenvalue weighted by molar-refractivity contribution is 0.102. The molecule has 0 radical (unpaired) electrons. The van der Waals surface area contributed by atoms with Crippen molar-refractivity contribution in [1.82, 2.24) is 4.98 Å². The van der Waals surface area contributed by atoms with E-state index in [0.717, 1.165) is 23.4 Å². The first-order valence-corrected chi connectivity index (χ1v) is 13.5. The molecule has 0 unspecified atom stereocenters. The molecule has 0 aliphatic carbocycles. The quantitative estimate of drug-likeness (QED) is 0.278. The molecule has 0 spiro atoms. The van der Waals surface area contributed by atoms with E-state index in [0.29, 0.717) is 23.1 Å². The summed E-state index contributed by atoms with van der Waals surface area (Å²) in [4.78, 5) is 17.4. The lowest BCUT2D eigenvalue weighted by Crippen LogP contribution is -2.15. The minimum Gasteiger partial charge on any atom is -0.497 e. The molecule has 36 heavy (non-hydrogen) atoms. The number of benzene rings is 3. The minimum atomic E-state index is -3.83. The number of methoxy groups -OCH3 is 1. The molecule has 10 heteroatoms. The molecule has 0 saturated carbocycles. The Morgan fingerprint density at radius 1 is 1.00 bits per heavy atom. The van der Waals surface area contributed by atoms with Crippen molar-refractivity contribution in [3.8, 4) is 22.8 Å². The first kappa shape index (κ1) is 25.2. The third-order valence-corrected chi connectivity index (χ3v) is 7.25. The molecule has 0 atom stereocenters. The molecule has 0 saturated heterocycles. The van der Waals surface area contributed by atoms with Crippen LogP contribution in [0.3, 0.4) is 0 Å². The van der Waals surface area contributed by atoms with Crippen LogP contribution in [0.4, 0.5) is 10.8 Å². The van der Waals surface area contributed by atoms with Crippen molar-refractivity contribution in [2.45, 2.75) is 18.2 Å². The summed E-state index contributed by atoms with van der Waals surface area (Å²) < 4.78 is 38.6. The van der Waals surface area contributed by atoms with Gasteiger partial charge in [0.1, 0.15) is 11.5 Å². The van der Waals surface area contributed by atoms with E-state index in [4.69, 9.17) is 9.47 Å². The molecule has 3 aromatic carbocycles. The number of thiazole rings is 1. The zero-order chi connectivity index (χ0) is 25.5. The Labute approximate surface area is 214 Å². The summed E-state index contributed by atoms with van der Waals surface area (Å²) in [5.74, 6) is 0.951. The number of hydrogen-bond acceptors (Lipinski definition) is 7. The van der Waals surface area contributed by atoms with Crippen LogP contribution in [0.25, 0.3) is 11.3 Å². The van der Waals surface area contributed by atoms with Crippen LogP contribution in [0, 0.1) is 0 Å². The van der Waals surface area contributed by atoms with Crippen LogP contribution in [0.2, 0.25) is 0 Å². The summed E-state index contributed by atoms with van der Waals surface area (Å²) in [7, 11) is -2.33. The van der Waals surface area contributed by atoms with Gasteiger partial charge in [0.2, 0.25) is 0 Å². The van der Waals surface area contributed by atoms with E-state index in [-0.39, 0.29) is 10.6 Å². The van der Waals surface area contributed by atoms with Crippen molar-refractivity contribution in [1.29, 1.82) is 0 Å². The van der Waals surface area contributed by atoms with Crippen molar-refractivity contribution in [3.05, 3.63) is 83.7 Å². The van der Waals surface area contributed by atoms with E-state index >= 15 is 0 Å². The number of anilines is 2. The zero-order valence-corrected chi connectivity index (χ0v) is 21.4. The number of carbonyl (C=O) groups is 1. The Morgan fingerprint density at radius 3 is 2.42 bits per heavy atom. The normalized spacial score (nSPS) is 11.1. The van der Waals surface area contributed by atoms with Crippen LogP contribution in [0.5, 0.6) is 11.5 Å². The fraction of sp³-hybridized carbons (Fsp3) is 0.154. The van der Waals surface area contributed by atoms with E-state index in [1.807, 2.05) is 29.6 Å². The molecule has 0 fully saturated rings. The van der Waals surface area contributed by atoms with Crippen LogP contribution in [0.1, 0.15) is 23.7 Å². The van der Waals surface area contributed by atoms with E-state index in [2.05, 4.69) is 21.9 Å². The second-order valence-corrected chi connectivity index (χ2v) is 10.3. The highest BCUT2D eigenvalue weighted by Gasteiger charge is 2.16. The molecule has 0 bridgehead atoms. The highest BCUT2D eigenvalue weighted by Crippen LogP contribution is 2.27. The fourth-order valence-corrected chi connectivity index (χ4v) is 5.03. The van der Waals surface area contributed by atoms with Gasteiger partial charge in [0.25, 0.3) is 15.9 Å². The van der Waals surface area contributed by atoms with Crippen LogP contribution >= 0.6 is 11.3 Å². The number of nitrogens with zero attached hydrogens (tertiary/aromatic N) is 1. The van der Waals surface area contributed by atoms with Gasteiger partial charge in [-0.2, -0.15) is 0 Å². The third kappa shape index (κ3) is 6.21. The number of hydrogen-bond donors (Lipinski definition) is 2. The Kier molecular flexibility index (Phi) is 7.87. The monoisotopic (exact) mass is 523 g/mol. The van der Waals surface area contributed by atoms with E-state index in [9.17, 15) is 13.2 Å². The first-order chi connectivity index (χ1) is 17.4. The maximum absolute atomic E-state index is 12.8. The van der Waals surface area contributed by atoms with E-state index in [1.165, 1.54) is 36.6 Å². The molecule has 1 heterocycles. The molecule has 1 aromatic heterocycles. The van der Waals surface area contributed by atoms with Gasteiger partial charge in [0, 0.05) is 22.2 Å². The molecule has 2 N–H and O–H groups in total. The predicted octanol–water partition coefficient (Wildman–Crippen LogP) is 5.66. The summed E-state index contributed by atoms with van der Waals surface area (Å²) in [6, 6.07) is 19.9. The standard InChI is InChI=1S/C26H25N3O5S2/c1-3-15-34-22-9-7-18(8-10-22)24-17-35-26(27-24)28-25(30)19-5-4-6-20(16-19)29-36(31,32)23-13-11-21(33-2)12-14-23/h4-14,16-17,29H,3,15H2,1-2H3,(H,27,28,30). The topological polar surface area (TPSA) is 107 Å². The van der Waals surface area contributed by atoms with Gasteiger partial charge in [-0.1, -0.05) is 13.0 Å². The molecule has 186 valence electrons. The SMILES string of the molecule is CCCOc1ccc(-c2csc(NC(=O)c3cccc(NS(=O)(=O)c4ccc(OC)cc4)c3)n2)cc1. The number of rotatable bonds is 10. The molecule has 0 aliphatic rings. The van der Waals surface area contributed by atoms with Gasteiger partial charge in [-0.15, -0.1) is 11.3 Å². The average molecular weight is 524 g/mol. The fourth-order valence-electron chi connectivity index (χ4n) is 3.27. The van der Waals surface area contributed by atoms with Crippen LogP contribution in [-0.4, -0.2) is 33.0 Å². The molecule has 4 aromatic rings. The summed E-state index contributed by atoms with van der Waals surface area (Å²) in [6.45, 7) is 2.72. The van der Waals surface area contributed by atoms with Gasteiger partial charge >= 0.3 is 0 Å². The Bertz CT molecular complexity index is 1430. The summed E-state index contributed by atoms with van der Waals surface area (Å²) in [5, 5.41) is 5.07. The second kappa shape index (κ2) is 11.2. The summed E-state index contributed by atoms with van der Waals surface area (Å²) >= 11 is 1.30. The number of aromatic nitrogens is 1. The first-order valence-electron chi connectivity index (χ1n) is 11.1. The molecule has 0 aliphatic heterocycles. The number of amides is 1. The van der Waals surface area contributed by atoms with E-state index in [1.54, 1.807) is 30.3 Å². The van der Waals surface area contributed by atoms with Gasteiger partial charge < -0.3 is 9.47 Å². The number of carbonyl (C=O) groups excluding carboxylic acids is 1. The Morgan fingerprint density at radius 2 is 1.72 bits per heavy atom. The van der Waals surface area contributed by atoms with Crippen molar-refractivity contribution in [3.63, 3.8) is 0 Å². The van der Waals surface area contributed by atoms with Crippen LogP contribution in [-0.2, 0) is 10.0 Å². The largest absolute Gasteiger partial charge is 0.497 e. The number of sulfonamides is 1. The molecule has 1 amide bonds. The lowest BCUT2D eigenvalue weighted by atomic mass is 10.2. The van der Waals surface area contributed by atoms with E-state index < -0.39 is 15.9 Å². The Hall–Kier alpha value is -3.89. The van der Waals surface area contributed by atoms with Crippen LogP contribution in [0.15, 0.2) is 83.1 Å². The second-order valence-electron chi connectivity index (χ2n) is 7.73. The average Bonchev–Trinajstić information content (AvgIpc) is 3.36. The van der Waals surface area contributed by atoms with Gasteiger partial charge in [0.15, 0.2) is 5.13 Å². The Balaban J connectivity index is 1.42. The maximum Gasteiger partial charge on any atom is 0.261 e. The summed E-state index contributed by atoms with van der Waals surface area (Å²) in [6.07, 6.45) is 0.939. The van der Waals surface area contributed by atoms with Crippen molar-refractivity contribution in [2.75, 3.05) is 23.8 Å². The lowest BCUT2D eigenvalue weighted by Gasteiger charge is -2.10. The molecular weight excluding hydrogens is 498 g/mol. The van der Waals surface area contributed by atoms with Gasteiger partial charge in [0.05, 0.1) is 24.3 Å². The molecule has 4 rings (SSSR count). The predicted molar refractivity (Wildman–Crippen MR) is 142 cm³/mol. The highest BCUT2D eigenvalue weighted by atomic mass is 32.2.